The van der Waals surface area contributed by atoms with Crippen LogP contribution in [0.2, 0.25) is 0 Å². The molecule has 1 N–H and O–H groups in total. The van der Waals surface area contributed by atoms with Crippen LogP contribution in [0.15, 0.2) is 30.3 Å². The van der Waals surface area contributed by atoms with Crippen molar-refractivity contribution >= 4 is 11.7 Å². The van der Waals surface area contributed by atoms with Crippen molar-refractivity contribution in [2.75, 3.05) is 31.6 Å². The second kappa shape index (κ2) is 7.96. The molecule has 0 bridgehead atoms. The van der Waals surface area contributed by atoms with Gasteiger partial charge in [0.05, 0.1) is 7.11 Å². The standard InChI is InChI=1S/C19H24N4O2/c1-14-21-17(13-18(22-14)23-10-3-4-11-23)19(24)20-9-8-15-6-5-7-16(12-15)25-2/h5-7,12-13H,3-4,8-11H2,1-2H3,(H,20,24). The molecule has 0 saturated carbocycles. The van der Waals surface area contributed by atoms with Crippen LogP contribution in [-0.4, -0.2) is 42.6 Å². The number of benzene rings is 1. The van der Waals surface area contributed by atoms with E-state index in [0.717, 1.165) is 36.6 Å². The molecule has 25 heavy (non-hydrogen) atoms. The van der Waals surface area contributed by atoms with Gasteiger partial charge in [-0.15, -0.1) is 0 Å². The van der Waals surface area contributed by atoms with Crippen molar-refractivity contribution in [3.8, 4) is 5.75 Å². The molecule has 1 aromatic heterocycles. The van der Waals surface area contributed by atoms with Gasteiger partial charge in [0.2, 0.25) is 0 Å². The number of aromatic nitrogens is 2. The fourth-order valence-electron chi connectivity index (χ4n) is 3.02. The number of nitrogens with zero attached hydrogens (tertiary/aromatic N) is 3. The van der Waals surface area contributed by atoms with Crippen LogP contribution < -0.4 is 15.0 Å². The minimum atomic E-state index is -0.158. The molecule has 6 nitrogen and oxygen atoms in total. The van der Waals surface area contributed by atoms with Gasteiger partial charge in [0, 0.05) is 25.7 Å². The molecule has 132 valence electrons. The number of hydrogen-bond acceptors (Lipinski definition) is 5. The summed E-state index contributed by atoms with van der Waals surface area (Å²) < 4.78 is 5.22. The van der Waals surface area contributed by atoms with Crippen molar-refractivity contribution in [1.29, 1.82) is 0 Å². The third-order valence-electron chi connectivity index (χ3n) is 4.32. The second-order valence-electron chi connectivity index (χ2n) is 6.21. The van der Waals surface area contributed by atoms with Gasteiger partial charge in [0.15, 0.2) is 0 Å². The van der Waals surface area contributed by atoms with E-state index < -0.39 is 0 Å². The van der Waals surface area contributed by atoms with E-state index in [4.69, 9.17) is 4.74 Å². The molecule has 0 aliphatic carbocycles. The quantitative estimate of drug-likeness (QED) is 0.874. The average Bonchev–Trinajstić information content (AvgIpc) is 3.16. The highest BCUT2D eigenvalue weighted by molar-refractivity contribution is 5.93. The minimum absolute atomic E-state index is 0.158. The highest BCUT2D eigenvalue weighted by Crippen LogP contribution is 2.18. The van der Waals surface area contributed by atoms with Gasteiger partial charge in [0.1, 0.15) is 23.1 Å². The fourth-order valence-corrected chi connectivity index (χ4v) is 3.02. The fraction of sp³-hybridized carbons (Fsp3) is 0.421. The van der Waals surface area contributed by atoms with Crippen LogP contribution in [-0.2, 0) is 6.42 Å². The van der Waals surface area contributed by atoms with E-state index in [2.05, 4.69) is 20.2 Å². The molecule has 0 spiro atoms. The minimum Gasteiger partial charge on any atom is -0.497 e. The Morgan fingerprint density at radius 2 is 2.04 bits per heavy atom. The smallest absolute Gasteiger partial charge is 0.270 e. The first kappa shape index (κ1) is 17.2. The Morgan fingerprint density at radius 3 is 2.80 bits per heavy atom. The molecule has 6 heteroatoms. The summed E-state index contributed by atoms with van der Waals surface area (Å²) in [6.07, 6.45) is 3.09. The highest BCUT2D eigenvalue weighted by atomic mass is 16.5. The van der Waals surface area contributed by atoms with Gasteiger partial charge in [-0.3, -0.25) is 4.79 Å². The molecular formula is C19H24N4O2. The molecular weight excluding hydrogens is 316 g/mol. The van der Waals surface area contributed by atoms with Crippen LogP contribution in [0.1, 0.15) is 34.7 Å². The SMILES string of the molecule is COc1cccc(CCNC(=O)c2cc(N3CCCC3)nc(C)n2)c1. The third kappa shape index (κ3) is 4.47. The Labute approximate surface area is 148 Å². The van der Waals surface area contributed by atoms with Crippen molar-refractivity contribution in [3.05, 3.63) is 47.4 Å². The largest absolute Gasteiger partial charge is 0.497 e. The predicted octanol–water partition coefficient (Wildman–Crippen LogP) is 2.37. The lowest BCUT2D eigenvalue weighted by atomic mass is 10.1. The summed E-state index contributed by atoms with van der Waals surface area (Å²) in [5, 5.41) is 2.94. The molecule has 1 fully saturated rings. The third-order valence-corrected chi connectivity index (χ3v) is 4.32. The molecule has 1 saturated heterocycles. The first-order valence-electron chi connectivity index (χ1n) is 8.67. The monoisotopic (exact) mass is 340 g/mol. The predicted molar refractivity (Wildman–Crippen MR) is 97.2 cm³/mol. The maximum Gasteiger partial charge on any atom is 0.270 e. The van der Waals surface area contributed by atoms with Crippen LogP contribution in [0.5, 0.6) is 5.75 Å². The van der Waals surface area contributed by atoms with Crippen LogP contribution in [0.3, 0.4) is 0 Å². The number of anilines is 1. The maximum atomic E-state index is 12.4. The second-order valence-corrected chi connectivity index (χ2v) is 6.21. The number of carbonyl (C=O) groups is 1. The number of methoxy groups -OCH3 is 1. The van der Waals surface area contributed by atoms with Gasteiger partial charge in [-0.25, -0.2) is 9.97 Å². The van der Waals surface area contributed by atoms with Crippen molar-refractivity contribution in [3.63, 3.8) is 0 Å². The van der Waals surface area contributed by atoms with Crippen LogP contribution in [0.25, 0.3) is 0 Å². The van der Waals surface area contributed by atoms with Crippen molar-refractivity contribution in [2.45, 2.75) is 26.2 Å². The summed E-state index contributed by atoms with van der Waals surface area (Å²) in [5.41, 5.74) is 1.55. The number of aryl methyl sites for hydroxylation is 1. The van der Waals surface area contributed by atoms with E-state index in [1.54, 1.807) is 13.2 Å². The molecule has 1 aromatic carbocycles. The van der Waals surface area contributed by atoms with Crippen molar-refractivity contribution in [1.82, 2.24) is 15.3 Å². The van der Waals surface area contributed by atoms with E-state index in [-0.39, 0.29) is 5.91 Å². The lowest BCUT2D eigenvalue weighted by Crippen LogP contribution is -2.28. The van der Waals surface area contributed by atoms with Crippen molar-refractivity contribution in [2.24, 2.45) is 0 Å². The molecule has 1 amide bonds. The lowest BCUT2D eigenvalue weighted by Gasteiger charge is -2.17. The Kier molecular flexibility index (Phi) is 5.48. The highest BCUT2D eigenvalue weighted by Gasteiger charge is 2.17. The maximum absolute atomic E-state index is 12.4. The molecule has 0 radical (unpaired) electrons. The normalized spacial score (nSPS) is 13.8. The van der Waals surface area contributed by atoms with E-state index in [1.165, 1.54) is 12.8 Å². The van der Waals surface area contributed by atoms with Crippen LogP contribution in [0, 0.1) is 6.92 Å². The van der Waals surface area contributed by atoms with Gasteiger partial charge in [0.25, 0.3) is 5.91 Å². The van der Waals surface area contributed by atoms with Crippen LogP contribution >= 0.6 is 0 Å². The Hall–Kier alpha value is -2.63. The number of rotatable bonds is 6. The van der Waals surface area contributed by atoms with Gasteiger partial charge in [-0.05, 0) is 43.9 Å². The number of ether oxygens (including phenoxy) is 1. The molecule has 2 heterocycles. The molecule has 1 aliphatic rings. The van der Waals surface area contributed by atoms with E-state index in [9.17, 15) is 4.79 Å². The molecule has 1 aliphatic heterocycles. The lowest BCUT2D eigenvalue weighted by molar-refractivity contribution is 0.0949. The number of nitrogens with one attached hydrogen (secondary N) is 1. The zero-order valence-corrected chi connectivity index (χ0v) is 14.8. The molecule has 0 unspecified atom stereocenters. The van der Waals surface area contributed by atoms with E-state index in [0.29, 0.717) is 18.1 Å². The van der Waals surface area contributed by atoms with Gasteiger partial charge < -0.3 is 15.0 Å². The topological polar surface area (TPSA) is 67.3 Å². The number of hydrogen-bond donors (Lipinski definition) is 1. The average molecular weight is 340 g/mol. The summed E-state index contributed by atoms with van der Waals surface area (Å²) in [7, 11) is 1.65. The number of amides is 1. The number of carbonyl (C=O) groups excluding carboxylic acids is 1. The zero-order valence-electron chi connectivity index (χ0n) is 14.8. The first-order valence-corrected chi connectivity index (χ1v) is 8.67. The summed E-state index contributed by atoms with van der Waals surface area (Å²) in [6.45, 7) is 4.36. The summed E-state index contributed by atoms with van der Waals surface area (Å²) in [6, 6.07) is 9.65. The molecule has 2 aromatic rings. The van der Waals surface area contributed by atoms with Gasteiger partial charge in [-0.1, -0.05) is 12.1 Å². The molecule has 0 atom stereocenters. The Bertz CT molecular complexity index is 742. The van der Waals surface area contributed by atoms with Crippen LogP contribution in [0.4, 0.5) is 5.82 Å². The summed E-state index contributed by atoms with van der Waals surface area (Å²) in [4.78, 5) is 23.4. The van der Waals surface area contributed by atoms with Gasteiger partial charge >= 0.3 is 0 Å². The van der Waals surface area contributed by atoms with Gasteiger partial charge in [-0.2, -0.15) is 0 Å². The van der Waals surface area contributed by atoms with E-state index in [1.807, 2.05) is 31.2 Å². The zero-order chi connectivity index (χ0) is 17.6. The molecule has 3 rings (SSSR count). The summed E-state index contributed by atoms with van der Waals surface area (Å²) >= 11 is 0. The summed E-state index contributed by atoms with van der Waals surface area (Å²) in [5.74, 6) is 2.14. The Morgan fingerprint density at radius 1 is 1.24 bits per heavy atom. The van der Waals surface area contributed by atoms with Crippen molar-refractivity contribution < 1.29 is 9.53 Å². The van der Waals surface area contributed by atoms with E-state index >= 15 is 0 Å². The Balaban J connectivity index is 1.60. The first-order chi connectivity index (χ1) is 12.2.